The van der Waals surface area contributed by atoms with E-state index in [0.717, 1.165) is 52.9 Å². The Labute approximate surface area is 196 Å². The summed E-state index contributed by atoms with van der Waals surface area (Å²) in [5, 5.41) is 12.8. The number of fused-ring (bicyclic) bond motifs is 1. The molecule has 2 aromatic heterocycles. The summed E-state index contributed by atoms with van der Waals surface area (Å²) < 4.78 is 1.89. The van der Waals surface area contributed by atoms with Crippen molar-refractivity contribution in [3.05, 3.63) is 6.20 Å². The summed E-state index contributed by atoms with van der Waals surface area (Å²) in [6.45, 7) is 9.79. The maximum absolute atomic E-state index is 12.7. The number of hydrogen-bond acceptors (Lipinski definition) is 6. The Hall–Kier alpha value is -1.83. The second-order valence-corrected chi connectivity index (χ2v) is 10.3. The van der Waals surface area contributed by atoms with Gasteiger partial charge in [-0.05, 0) is 51.9 Å². The molecule has 0 saturated heterocycles. The SMILES string of the molecule is CCCCC1CCC(C(=O)NCCn2ncc3c(NC(C)C)nc(SCCC)nc32)CC1. The van der Waals surface area contributed by atoms with Crippen LogP contribution in [0.2, 0.25) is 0 Å². The van der Waals surface area contributed by atoms with Crippen LogP contribution in [0.3, 0.4) is 0 Å². The van der Waals surface area contributed by atoms with Gasteiger partial charge in [0.15, 0.2) is 10.8 Å². The Morgan fingerprint density at radius 1 is 1.19 bits per heavy atom. The molecule has 0 aromatic carbocycles. The van der Waals surface area contributed by atoms with Crippen LogP contribution in [0, 0.1) is 11.8 Å². The van der Waals surface area contributed by atoms with E-state index in [0.29, 0.717) is 13.1 Å². The summed E-state index contributed by atoms with van der Waals surface area (Å²) in [6, 6.07) is 0.275. The van der Waals surface area contributed by atoms with Gasteiger partial charge in [0.1, 0.15) is 5.82 Å². The zero-order valence-corrected chi connectivity index (χ0v) is 21.0. The number of nitrogens with one attached hydrogen (secondary N) is 2. The first-order chi connectivity index (χ1) is 15.5. The molecule has 2 N–H and O–H groups in total. The van der Waals surface area contributed by atoms with Gasteiger partial charge in [-0.2, -0.15) is 5.10 Å². The van der Waals surface area contributed by atoms with Crippen molar-refractivity contribution in [2.75, 3.05) is 17.6 Å². The molecule has 32 heavy (non-hydrogen) atoms. The van der Waals surface area contributed by atoms with Gasteiger partial charge < -0.3 is 10.6 Å². The number of unbranched alkanes of at least 4 members (excludes halogenated alkanes) is 1. The second-order valence-electron chi connectivity index (χ2n) is 9.26. The highest BCUT2D eigenvalue weighted by molar-refractivity contribution is 7.99. The van der Waals surface area contributed by atoms with E-state index in [1.165, 1.54) is 32.1 Å². The quantitative estimate of drug-likeness (QED) is 0.332. The van der Waals surface area contributed by atoms with Gasteiger partial charge in [0, 0.05) is 24.3 Å². The molecular weight excluding hydrogens is 420 g/mol. The zero-order valence-electron chi connectivity index (χ0n) is 20.2. The van der Waals surface area contributed by atoms with Crippen LogP contribution in [-0.4, -0.2) is 44.0 Å². The molecule has 0 spiro atoms. The molecule has 0 atom stereocenters. The summed E-state index contributed by atoms with van der Waals surface area (Å²) in [4.78, 5) is 22.1. The fourth-order valence-corrected chi connectivity index (χ4v) is 5.07. The third-order valence-corrected chi connectivity index (χ3v) is 7.20. The highest BCUT2D eigenvalue weighted by Crippen LogP contribution is 2.32. The van der Waals surface area contributed by atoms with Crippen LogP contribution in [-0.2, 0) is 11.3 Å². The second kappa shape index (κ2) is 12.4. The average Bonchev–Trinajstić information content (AvgIpc) is 3.19. The third kappa shape index (κ3) is 6.83. The van der Waals surface area contributed by atoms with E-state index in [9.17, 15) is 4.79 Å². The predicted octanol–water partition coefficient (Wildman–Crippen LogP) is 5.26. The predicted molar refractivity (Wildman–Crippen MR) is 133 cm³/mol. The first-order valence-electron chi connectivity index (χ1n) is 12.4. The molecule has 1 aliphatic carbocycles. The van der Waals surface area contributed by atoms with E-state index in [1.807, 2.05) is 10.9 Å². The van der Waals surface area contributed by atoms with Gasteiger partial charge in [-0.15, -0.1) is 0 Å². The summed E-state index contributed by atoms with van der Waals surface area (Å²) in [5.41, 5.74) is 0.826. The molecule has 1 fully saturated rings. The summed E-state index contributed by atoms with van der Waals surface area (Å²) in [7, 11) is 0. The minimum Gasteiger partial charge on any atom is -0.367 e. The van der Waals surface area contributed by atoms with Gasteiger partial charge in [0.25, 0.3) is 0 Å². The van der Waals surface area contributed by atoms with Gasteiger partial charge >= 0.3 is 0 Å². The fourth-order valence-electron chi connectivity index (χ4n) is 4.38. The smallest absolute Gasteiger partial charge is 0.223 e. The highest BCUT2D eigenvalue weighted by atomic mass is 32.2. The van der Waals surface area contributed by atoms with E-state index in [1.54, 1.807) is 11.8 Å². The Balaban J connectivity index is 1.58. The molecule has 2 heterocycles. The number of rotatable bonds is 12. The number of anilines is 1. The number of thioether (sulfide) groups is 1. The third-order valence-electron chi connectivity index (χ3n) is 6.14. The lowest BCUT2D eigenvalue weighted by Gasteiger charge is -2.27. The number of amides is 1. The van der Waals surface area contributed by atoms with E-state index < -0.39 is 0 Å². The molecular formula is C24H40N6OS. The van der Waals surface area contributed by atoms with Gasteiger partial charge in [-0.3, -0.25) is 4.79 Å². The zero-order chi connectivity index (χ0) is 22.9. The minimum absolute atomic E-state index is 0.170. The first-order valence-corrected chi connectivity index (χ1v) is 13.4. The molecule has 7 nitrogen and oxygen atoms in total. The van der Waals surface area contributed by atoms with Crippen molar-refractivity contribution in [3.8, 4) is 0 Å². The molecule has 3 rings (SSSR count). The van der Waals surface area contributed by atoms with Gasteiger partial charge in [0.05, 0.1) is 18.1 Å². The first kappa shape index (κ1) is 24.8. The summed E-state index contributed by atoms with van der Waals surface area (Å²) in [6.07, 6.45) is 11.3. The number of carbonyl (C=O) groups is 1. The maximum atomic E-state index is 12.7. The van der Waals surface area contributed by atoms with Crippen molar-refractivity contribution in [1.29, 1.82) is 0 Å². The van der Waals surface area contributed by atoms with E-state index >= 15 is 0 Å². The molecule has 0 bridgehead atoms. The molecule has 2 aromatic rings. The lowest BCUT2D eigenvalue weighted by atomic mass is 9.79. The van der Waals surface area contributed by atoms with Gasteiger partial charge in [-0.1, -0.05) is 44.9 Å². The monoisotopic (exact) mass is 460 g/mol. The number of carbonyl (C=O) groups excluding carboxylic acids is 1. The highest BCUT2D eigenvalue weighted by Gasteiger charge is 2.25. The normalized spacial score (nSPS) is 18.9. The standard InChI is InChI=1S/C24H40N6OS/c1-5-7-8-18-9-11-19(12-10-18)23(31)25-13-14-30-22-20(16-26-30)21(27-17(3)4)28-24(29-22)32-15-6-2/h16-19H,5-15H2,1-4H3,(H,25,31)(H,27,28,29). The van der Waals surface area contributed by atoms with E-state index in [2.05, 4.69) is 43.4 Å². The molecule has 0 aliphatic heterocycles. The molecule has 0 radical (unpaired) electrons. The van der Waals surface area contributed by atoms with Crippen molar-refractivity contribution < 1.29 is 4.79 Å². The number of nitrogens with zero attached hydrogens (tertiary/aromatic N) is 4. The van der Waals surface area contributed by atoms with Crippen molar-refractivity contribution in [2.45, 2.75) is 96.8 Å². The van der Waals surface area contributed by atoms with Crippen molar-refractivity contribution in [1.82, 2.24) is 25.1 Å². The van der Waals surface area contributed by atoms with Crippen LogP contribution in [0.25, 0.3) is 11.0 Å². The lowest BCUT2D eigenvalue weighted by Crippen LogP contribution is -2.35. The van der Waals surface area contributed by atoms with Gasteiger partial charge in [-0.25, -0.2) is 14.6 Å². The Bertz CT molecular complexity index is 860. The van der Waals surface area contributed by atoms with Gasteiger partial charge in [0.2, 0.25) is 5.91 Å². The van der Waals surface area contributed by atoms with Crippen LogP contribution in [0.4, 0.5) is 5.82 Å². The lowest BCUT2D eigenvalue weighted by molar-refractivity contribution is -0.126. The van der Waals surface area contributed by atoms with E-state index in [-0.39, 0.29) is 17.9 Å². The molecule has 1 aliphatic rings. The molecule has 1 saturated carbocycles. The Kier molecular flexibility index (Phi) is 9.63. The van der Waals surface area contributed by atoms with Crippen LogP contribution < -0.4 is 10.6 Å². The van der Waals surface area contributed by atoms with Crippen molar-refractivity contribution >= 4 is 34.5 Å². The maximum Gasteiger partial charge on any atom is 0.223 e. The average molecular weight is 461 g/mol. The Morgan fingerprint density at radius 2 is 1.97 bits per heavy atom. The Morgan fingerprint density at radius 3 is 2.66 bits per heavy atom. The van der Waals surface area contributed by atoms with Crippen LogP contribution in [0.5, 0.6) is 0 Å². The van der Waals surface area contributed by atoms with Crippen LogP contribution >= 0.6 is 11.8 Å². The fraction of sp³-hybridized carbons (Fsp3) is 0.750. The van der Waals surface area contributed by atoms with Crippen LogP contribution in [0.15, 0.2) is 11.4 Å². The van der Waals surface area contributed by atoms with E-state index in [4.69, 9.17) is 9.97 Å². The van der Waals surface area contributed by atoms with Crippen molar-refractivity contribution in [3.63, 3.8) is 0 Å². The topological polar surface area (TPSA) is 84.7 Å². The summed E-state index contributed by atoms with van der Waals surface area (Å²) >= 11 is 1.67. The van der Waals surface area contributed by atoms with Crippen LogP contribution in [0.1, 0.15) is 79.1 Å². The molecule has 0 unspecified atom stereocenters. The summed E-state index contributed by atoms with van der Waals surface area (Å²) in [5.74, 6) is 3.01. The molecule has 178 valence electrons. The molecule has 8 heteroatoms. The number of hydrogen-bond donors (Lipinski definition) is 2. The van der Waals surface area contributed by atoms with Crippen molar-refractivity contribution in [2.24, 2.45) is 11.8 Å². The number of aromatic nitrogens is 4. The minimum atomic E-state index is 0.170. The largest absolute Gasteiger partial charge is 0.367 e. The molecule has 1 amide bonds.